The fraction of sp³-hybridized carbons (Fsp3) is 0.167. The number of benzene rings is 2. The van der Waals surface area contributed by atoms with Gasteiger partial charge in [-0.25, -0.2) is 0 Å². The Morgan fingerprint density at radius 3 is 2.36 bits per heavy atom. The van der Waals surface area contributed by atoms with Crippen LogP contribution in [0.4, 0.5) is 5.69 Å². The number of ether oxygens (including phenoxy) is 2. The van der Waals surface area contributed by atoms with Crippen LogP contribution in [0.15, 0.2) is 48.5 Å². The second-order valence-corrected chi connectivity index (χ2v) is 4.61. The number of allylic oxidation sites excluding steroid dienone is 1. The molecule has 22 heavy (non-hydrogen) atoms. The van der Waals surface area contributed by atoms with Crippen LogP contribution < -0.4 is 14.8 Å². The first-order chi connectivity index (χ1) is 10.7. The van der Waals surface area contributed by atoms with Crippen LogP contribution in [0.2, 0.25) is 0 Å². The van der Waals surface area contributed by atoms with E-state index in [0.717, 1.165) is 11.3 Å². The van der Waals surface area contributed by atoms with Gasteiger partial charge in [0.05, 0.1) is 14.2 Å². The number of ketones is 1. The minimum absolute atomic E-state index is 0.0625. The van der Waals surface area contributed by atoms with Crippen LogP contribution in [0.25, 0.3) is 6.08 Å². The lowest BCUT2D eigenvalue weighted by atomic mass is 10.1. The number of methoxy groups -OCH3 is 2. The Kier molecular flexibility index (Phi) is 5.20. The van der Waals surface area contributed by atoms with E-state index in [4.69, 9.17) is 9.47 Å². The molecule has 1 N–H and O–H groups in total. The predicted molar refractivity (Wildman–Crippen MR) is 88.9 cm³/mol. The summed E-state index contributed by atoms with van der Waals surface area (Å²) in [5, 5.41) is 3.02. The van der Waals surface area contributed by atoms with Crippen molar-refractivity contribution < 1.29 is 14.3 Å². The molecule has 0 bridgehead atoms. The molecule has 0 unspecified atom stereocenters. The molecule has 0 aliphatic heterocycles. The van der Waals surface area contributed by atoms with E-state index in [0.29, 0.717) is 17.1 Å². The lowest BCUT2D eigenvalue weighted by molar-refractivity contribution is 0.104. The standard InChI is InChI=1S/C18H19NO3/c1-19-15-10-7-13(8-11-15)16(20)12-9-14-5-4-6-17(21-2)18(14)22-3/h4-12,19H,1-3H3/b12-9+. The van der Waals surface area contributed by atoms with Gasteiger partial charge in [0, 0.05) is 23.9 Å². The molecule has 0 atom stereocenters. The summed E-state index contributed by atoms with van der Waals surface area (Å²) in [6, 6.07) is 12.9. The summed E-state index contributed by atoms with van der Waals surface area (Å²) in [4.78, 5) is 12.2. The van der Waals surface area contributed by atoms with Crippen LogP contribution in [0.3, 0.4) is 0 Å². The zero-order valence-electron chi connectivity index (χ0n) is 12.9. The summed E-state index contributed by atoms with van der Waals surface area (Å²) in [5.74, 6) is 1.18. The van der Waals surface area contributed by atoms with Gasteiger partial charge >= 0.3 is 0 Å². The summed E-state index contributed by atoms with van der Waals surface area (Å²) in [7, 11) is 5.00. The number of rotatable bonds is 6. The first-order valence-corrected chi connectivity index (χ1v) is 6.90. The largest absolute Gasteiger partial charge is 0.493 e. The average molecular weight is 297 g/mol. The third kappa shape index (κ3) is 3.47. The summed E-state index contributed by atoms with van der Waals surface area (Å²) in [6.07, 6.45) is 3.27. The molecule has 0 spiro atoms. The van der Waals surface area contributed by atoms with Gasteiger partial charge in [0.2, 0.25) is 0 Å². The topological polar surface area (TPSA) is 47.6 Å². The molecule has 2 aromatic carbocycles. The minimum Gasteiger partial charge on any atom is -0.493 e. The number of anilines is 1. The van der Waals surface area contributed by atoms with Crippen molar-refractivity contribution in [2.75, 3.05) is 26.6 Å². The van der Waals surface area contributed by atoms with Crippen molar-refractivity contribution in [1.29, 1.82) is 0 Å². The van der Waals surface area contributed by atoms with Gasteiger partial charge in [-0.3, -0.25) is 4.79 Å². The summed E-state index contributed by atoms with van der Waals surface area (Å²) < 4.78 is 10.6. The molecule has 114 valence electrons. The molecule has 0 fully saturated rings. The normalized spacial score (nSPS) is 10.5. The molecule has 0 aromatic heterocycles. The molecule has 0 aliphatic carbocycles. The second kappa shape index (κ2) is 7.31. The van der Waals surface area contributed by atoms with E-state index in [9.17, 15) is 4.79 Å². The fourth-order valence-corrected chi connectivity index (χ4v) is 2.11. The molecular weight excluding hydrogens is 278 g/mol. The third-order valence-electron chi connectivity index (χ3n) is 3.31. The number of carbonyl (C=O) groups is 1. The molecule has 0 saturated heterocycles. The van der Waals surface area contributed by atoms with E-state index >= 15 is 0 Å². The highest BCUT2D eigenvalue weighted by Gasteiger charge is 2.08. The van der Waals surface area contributed by atoms with Crippen LogP contribution in [0.5, 0.6) is 11.5 Å². The van der Waals surface area contributed by atoms with Crippen LogP contribution in [0.1, 0.15) is 15.9 Å². The monoisotopic (exact) mass is 297 g/mol. The zero-order valence-corrected chi connectivity index (χ0v) is 12.9. The molecule has 0 saturated carbocycles. The Hall–Kier alpha value is -2.75. The van der Waals surface area contributed by atoms with Crippen molar-refractivity contribution in [3.63, 3.8) is 0 Å². The van der Waals surface area contributed by atoms with Gasteiger partial charge in [0.15, 0.2) is 17.3 Å². The molecule has 0 radical (unpaired) electrons. The predicted octanol–water partition coefficient (Wildman–Crippen LogP) is 3.64. The molecule has 4 nitrogen and oxygen atoms in total. The van der Waals surface area contributed by atoms with Gasteiger partial charge in [-0.2, -0.15) is 0 Å². The van der Waals surface area contributed by atoms with E-state index in [2.05, 4.69) is 5.32 Å². The van der Waals surface area contributed by atoms with Crippen molar-refractivity contribution in [3.8, 4) is 11.5 Å². The second-order valence-electron chi connectivity index (χ2n) is 4.61. The maximum atomic E-state index is 12.2. The summed E-state index contributed by atoms with van der Waals surface area (Å²) in [5.41, 5.74) is 2.40. The highest BCUT2D eigenvalue weighted by Crippen LogP contribution is 2.31. The Bertz CT molecular complexity index is 675. The quantitative estimate of drug-likeness (QED) is 0.653. The van der Waals surface area contributed by atoms with Gasteiger partial charge in [0.1, 0.15) is 0 Å². The van der Waals surface area contributed by atoms with Gasteiger partial charge in [0.25, 0.3) is 0 Å². The fourth-order valence-electron chi connectivity index (χ4n) is 2.11. The number of para-hydroxylation sites is 1. The van der Waals surface area contributed by atoms with E-state index in [1.54, 1.807) is 32.4 Å². The van der Waals surface area contributed by atoms with Gasteiger partial charge < -0.3 is 14.8 Å². The van der Waals surface area contributed by atoms with E-state index < -0.39 is 0 Å². The van der Waals surface area contributed by atoms with Crippen molar-refractivity contribution >= 4 is 17.5 Å². The van der Waals surface area contributed by atoms with E-state index in [-0.39, 0.29) is 5.78 Å². The maximum absolute atomic E-state index is 12.2. The average Bonchev–Trinajstić information content (AvgIpc) is 2.59. The molecular formula is C18H19NO3. The number of hydrogen-bond acceptors (Lipinski definition) is 4. The van der Waals surface area contributed by atoms with Gasteiger partial charge in [-0.15, -0.1) is 0 Å². The molecule has 0 aliphatic rings. The van der Waals surface area contributed by atoms with Crippen molar-refractivity contribution in [1.82, 2.24) is 0 Å². The Labute approximate surface area is 130 Å². The van der Waals surface area contributed by atoms with Gasteiger partial charge in [-0.05, 0) is 42.5 Å². The molecule has 0 heterocycles. The van der Waals surface area contributed by atoms with Crippen molar-refractivity contribution in [2.45, 2.75) is 0 Å². The molecule has 0 amide bonds. The lowest BCUT2D eigenvalue weighted by Gasteiger charge is -2.09. The lowest BCUT2D eigenvalue weighted by Crippen LogP contribution is -1.96. The van der Waals surface area contributed by atoms with Crippen LogP contribution in [-0.4, -0.2) is 27.1 Å². The minimum atomic E-state index is -0.0625. The number of nitrogens with one attached hydrogen (secondary N) is 1. The SMILES string of the molecule is CNc1ccc(C(=O)/C=C/c2cccc(OC)c2OC)cc1. The zero-order chi connectivity index (χ0) is 15.9. The van der Waals surface area contributed by atoms with Crippen molar-refractivity contribution in [2.24, 2.45) is 0 Å². The Balaban J connectivity index is 2.22. The van der Waals surface area contributed by atoms with Gasteiger partial charge in [-0.1, -0.05) is 12.1 Å². The highest BCUT2D eigenvalue weighted by atomic mass is 16.5. The summed E-state index contributed by atoms with van der Waals surface area (Å²) in [6.45, 7) is 0. The Morgan fingerprint density at radius 2 is 1.77 bits per heavy atom. The molecule has 2 rings (SSSR count). The molecule has 4 heteroatoms. The maximum Gasteiger partial charge on any atom is 0.185 e. The van der Waals surface area contributed by atoms with Crippen LogP contribution in [-0.2, 0) is 0 Å². The highest BCUT2D eigenvalue weighted by molar-refractivity contribution is 6.07. The smallest absolute Gasteiger partial charge is 0.185 e. The van der Waals surface area contributed by atoms with Crippen molar-refractivity contribution in [3.05, 3.63) is 59.7 Å². The van der Waals surface area contributed by atoms with E-state index in [1.807, 2.05) is 37.4 Å². The first kappa shape index (κ1) is 15.6. The van der Waals surface area contributed by atoms with Crippen LogP contribution >= 0.6 is 0 Å². The Morgan fingerprint density at radius 1 is 1.05 bits per heavy atom. The van der Waals surface area contributed by atoms with E-state index in [1.165, 1.54) is 6.08 Å². The molecule has 2 aromatic rings. The van der Waals surface area contributed by atoms with Crippen LogP contribution in [0, 0.1) is 0 Å². The first-order valence-electron chi connectivity index (χ1n) is 6.90. The number of hydrogen-bond donors (Lipinski definition) is 1. The summed E-state index contributed by atoms with van der Waals surface area (Å²) >= 11 is 0. The third-order valence-corrected chi connectivity index (χ3v) is 3.31. The number of carbonyl (C=O) groups excluding carboxylic acids is 1.